The summed E-state index contributed by atoms with van der Waals surface area (Å²) in [5.74, 6) is 0.668. The second-order valence-electron chi connectivity index (χ2n) is 5.40. The molecule has 0 saturated carbocycles. The molecule has 0 atom stereocenters. The van der Waals surface area contributed by atoms with Crippen molar-refractivity contribution in [2.24, 2.45) is 0 Å². The number of hydrogen-bond donors (Lipinski definition) is 1. The molecule has 0 spiro atoms. The number of amides is 1. The number of benzene rings is 2. The molecule has 0 fully saturated rings. The van der Waals surface area contributed by atoms with Crippen molar-refractivity contribution in [3.05, 3.63) is 65.7 Å². The predicted molar refractivity (Wildman–Crippen MR) is 89.2 cm³/mol. The quantitative estimate of drug-likeness (QED) is 0.815. The standard InChI is InChI=1S/C19H21NO3/c1-15(21)7-8-16-9-11-18(12-10-16)23-14-19(22)20-13-17-5-3-2-4-6-17/h2-6,9-12H,7-8,13-14H2,1H3,(H,20,22). The molecular formula is C19H21NO3. The number of aryl methyl sites for hydroxylation is 1. The highest BCUT2D eigenvalue weighted by molar-refractivity contribution is 5.77. The zero-order valence-electron chi connectivity index (χ0n) is 13.2. The molecule has 2 aromatic carbocycles. The summed E-state index contributed by atoms with van der Waals surface area (Å²) in [7, 11) is 0. The van der Waals surface area contributed by atoms with E-state index in [9.17, 15) is 9.59 Å². The molecule has 2 rings (SSSR count). The van der Waals surface area contributed by atoms with Gasteiger partial charge in [0.15, 0.2) is 6.61 Å². The lowest BCUT2D eigenvalue weighted by molar-refractivity contribution is -0.123. The molecule has 0 aliphatic heterocycles. The number of hydrogen-bond acceptors (Lipinski definition) is 3. The number of carbonyl (C=O) groups excluding carboxylic acids is 2. The molecule has 120 valence electrons. The van der Waals surface area contributed by atoms with Crippen LogP contribution in [-0.4, -0.2) is 18.3 Å². The molecule has 0 aliphatic carbocycles. The summed E-state index contributed by atoms with van der Waals surface area (Å²) >= 11 is 0. The highest BCUT2D eigenvalue weighted by Gasteiger charge is 2.03. The Hall–Kier alpha value is -2.62. The van der Waals surface area contributed by atoms with Gasteiger partial charge >= 0.3 is 0 Å². The van der Waals surface area contributed by atoms with Gasteiger partial charge in [-0.15, -0.1) is 0 Å². The van der Waals surface area contributed by atoms with E-state index >= 15 is 0 Å². The number of carbonyl (C=O) groups is 2. The van der Waals surface area contributed by atoms with E-state index in [1.165, 1.54) is 0 Å². The third-order valence-corrected chi connectivity index (χ3v) is 3.39. The van der Waals surface area contributed by atoms with Gasteiger partial charge in [-0.25, -0.2) is 0 Å². The largest absolute Gasteiger partial charge is 0.484 e. The van der Waals surface area contributed by atoms with E-state index in [1.807, 2.05) is 54.6 Å². The van der Waals surface area contributed by atoms with Gasteiger partial charge in [-0.1, -0.05) is 42.5 Å². The van der Waals surface area contributed by atoms with Crippen molar-refractivity contribution in [1.29, 1.82) is 0 Å². The molecule has 0 aromatic heterocycles. The van der Waals surface area contributed by atoms with Crippen LogP contribution in [0.3, 0.4) is 0 Å². The number of rotatable bonds is 8. The first-order valence-electron chi connectivity index (χ1n) is 7.65. The lowest BCUT2D eigenvalue weighted by atomic mass is 10.1. The molecule has 0 unspecified atom stereocenters. The van der Waals surface area contributed by atoms with Crippen LogP contribution in [0.15, 0.2) is 54.6 Å². The third-order valence-electron chi connectivity index (χ3n) is 3.39. The summed E-state index contributed by atoms with van der Waals surface area (Å²) in [6, 6.07) is 17.2. The van der Waals surface area contributed by atoms with Crippen molar-refractivity contribution in [2.45, 2.75) is 26.3 Å². The molecule has 4 nitrogen and oxygen atoms in total. The van der Waals surface area contributed by atoms with E-state index in [4.69, 9.17) is 4.74 Å². The Morgan fingerprint density at radius 2 is 1.65 bits per heavy atom. The molecular weight excluding hydrogens is 290 g/mol. The lowest BCUT2D eigenvalue weighted by Gasteiger charge is -2.08. The van der Waals surface area contributed by atoms with Gasteiger partial charge in [-0.3, -0.25) is 4.79 Å². The summed E-state index contributed by atoms with van der Waals surface area (Å²) < 4.78 is 5.46. The summed E-state index contributed by atoms with van der Waals surface area (Å²) in [5.41, 5.74) is 2.14. The van der Waals surface area contributed by atoms with Crippen LogP contribution in [0.1, 0.15) is 24.5 Å². The topological polar surface area (TPSA) is 55.4 Å². The number of nitrogens with one attached hydrogen (secondary N) is 1. The molecule has 23 heavy (non-hydrogen) atoms. The monoisotopic (exact) mass is 311 g/mol. The van der Waals surface area contributed by atoms with Gasteiger partial charge in [0, 0.05) is 13.0 Å². The SMILES string of the molecule is CC(=O)CCc1ccc(OCC(=O)NCc2ccccc2)cc1. The molecule has 0 radical (unpaired) electrons. The van der Waals surface area contributed by atoms with Gasteiger partial charge in [0.05, 0.1) is 0 Å². The summed E-state index contributed by atoms with van der Waals surface area (Å²) in [5, 5.41) is 2.81. The summed E-state index contributed by atoms with van der Waals surface area (Å²) in [6.45, 7) is 2.07. The summed E-state index contributed by atoms with van der Waals surface area (Å²) in [4.78, 5) is 22.7. The van der Waals surface area contributed by atoms with Gasteiger partial charge in [-0.05, 0) is 36.6 Å². The van der Waals surface area contributed by atoms with Gasteiger partial charge in [0.1, 0.15) is 11.5 Å². The van der Waals surface area contributed by atoms with E-state index in [-0.39, 0.29) is 18.3 Å². The van der Waals surface area contributed by atoms with Crippen LogP contribution in [0.4, 0.5) is 0 Å². The number of ketones is 1. The molecule has 0 saturated heterocycles. The van der Waals surface area contributed by atoms with Crippen LogP contribution in [0.5, 0.6) is 5.75 Å². The molecule has 0 heterocycles. The van der Waals surface area contributed by atoms with Crippen molar-refractivity contribution in [2.75, 3.05) is 6.61 Å². The van der Waals surface area contributed by atoms with Crippen molar-refractivity contribution >= 4 is 11.7 Å². The maximum Gasteiger partial charge on any atom is 0.258 e. The fourth-order valence-corrected chi connectivity index (χ4v) is 2.07. The third kappa shape index (κ3) is 6.34. The maximum atomic E-state index is 11.8. The molecule has 0 aliphatic rings. The van der Waals surface area contributed by atoms with Gasteiger partial charge in [0.25, 0.3) is 5.91 Å². The predicted octanol–water partition coefficient (Wildman–Crippen LogP) is 2.90. The minimum absolute atomic E-state index is 0.0143. The lowest BCUT2D eigenvalue weighted by Crippen LogP contribution is -2.28. The average Bonchev–Trinajstić information content (AvgIpc) is 2.58. The van der Waals surface area contributed by atoms with Crippen LogP contribution in [-0.2, 0) is 22.6 Å². The van der Waals surface area contributed by atoms with Crippen LogP contribution >= 0.6 is 0 Å². The van der Waals surface area contributed by atoms with Crippen LogP contribution in [0.2, 0.25) is 0 Å². The fraction of sp³-hybridized carbons (Fsp3) is 0.263. The van der Waals surface area contributed by atoms with Crippen LogP contribution in [0, 0.1) is 0 Å². The van der Waals surface area contributed by atoms with E-state index in [2.05, 4.69) is 5.32 Å². The molecule has 0 bridgehead atoms. The van der Waals surface area contributed by atoms with Crippen molar-refractivity contribution < 1.29 is 14.3 Å². The molecule has 2 aromatic rings. The Balaban J connectivity index is 1.72. The Morgan fingerprint density at radius 1 is 0.957 bits per heavy atom. The Bertz CT molecular complexity index is 635. The first-order chi connectivity index (χ1) is 11.1. The Kier molecular flexibility index (Phi) is 6.36. The second kappa shape index (κ2) is 8.73. The minimum Gasteiger partial charge on any atom is -0.484 e. The van der Waals surface area contributed by atoms with Gasteiger partial charge in [-0.2, -0.15) is 0 Å². The van der Waals surface area contributed by atoms with Crippen LogP contribution < -0.4 is 10.1 Å². The van der Waals surface area contributed by atoms with Crippen LogP contribution in [0.25, 0.3) is 0 Å². The number of Topliss-reactive ketones (excluding diaryl/α,β-unsaturated/α-hetero) is 1. The average molecular weight is 311 g/mol. The van der Waals surface area contributed by atoms with E-state index in [0.29, 0.717) is 18.7 Å². The zero-order chi connectivity index (χ0) is 16.5. The molecule has 1 amide bonds. The van der Waals surface area contributed by atoms with Crippen molar-refractivity contribution in [1.82, 2.24) is 5.32 Å². The first-order valence-corrected chi connectivity index (χ1v) is 7.65. The highest BCUT2D eigenvalue weighted by atomic mass is 16.5. The summed E-state index contributed by atoms with van der Waals surface area (Å²) in [6.07, 6.45) is 1.27. The zero-order valence-corrected chi connectivity index (χ0v) is 13.2. The van der Waals surface area contributed by atoms with E-state index in [1.54, 1.807) is 6.92 Å². The van der Waals surface area contributed by atoms with Gasteiger partial charge < -0.3 is 14.8 Å². The second-order valence-corrected chi connectivity index (χ2v) is 5.40. The smallest absolute Gasteiger partial charge is 0.258 e. The van der Waals surface area contributed by atoms with E-state index < -0.39 is 0 Å². The van der Waals surface area contributed by atoms with Crippen molar-refractivity contribution in [3.8, 4) is 5.75 Å². The van der Waals surface area contributed by atoms with Crippen molar-refractivity contribution in [3.63, 3.8) is 0 Å². The van der Waals surface area contributed by atoms with Gasteiger partial charge in [0.2, 0.25) is 0 Å². The normalized spacial score (nSPS) is 10.1. The minimum atomic E-state index is -0.158. The Morgan fingerprint density at radius 3 is 2.30 bits per heavy atom. The number of ether oxygens (including phenoxy) is 1. The van der Waals surface area contributed by atoms with E-state index in [0.717, 1.165) is 17.5 Å². The fourth-order valence-electron chi connectivity index (χ4n) is 2.07. The highest BCUT2D eigenvalue weighted by Crippen LogP contribution is 2.13. The maximum absolute atomic E-state index is 11.8. The molecule has 4 heteroatoms. The Labute approximate surface area is 136 Å². The first kappa shape index (κ1) is 16.7. The molecule has 1 N–H and O–H groups in total.